The van der Waals surface area contributed by atoms with Gasteiger partial charge in [0, 0.05) is 43.9 Å². The zero-order chi connectivity index (χ0) is 21.6. The summed E-state index contributed by atoms with van der Waals surface area (Å²) in [6, 6.07) is 4.05. The molecular weight excluding hydrogens is 433 g/mol. The topological polar surface area (TPSA) is 72.7 Å². The minimum atomic E-state index is -4.59. The molecule has 3 aromatic rings. The molecule has 2 bridgehead atoms. The van der Waals surface area contributed by atoms with E-state index < -0.39 is 12.3 Å². The Morgan fingerprint density at radius 2 is 2.06 bits per heavy atom. The van der Waals surface area contributed by atoms with Crippen LogP contribution >= 0.6 is 11.3 Å². The van der Waals surface area contributed by atoms with E-state index in [1.165, 1.54) is 30.6 Å². The summed E-state index contributed by atoms with van der Waals surface area (Å²) in [5.41, 5.74) is 1.23. The zero-order valence-electron chi connectivity index (χ0n) is 16.7. The maximum absolute atomic E-state index is 13.8. The first-order valence-electron chi connectivity index (χ1n) is 9.95. The summed E-state index contributed by atoms with van der Waals surface area (Å²) in [5, 5.41) is 5.77. The molecule has 5 heterocycles. The van der Waals surface area contributed by atoms with Crippen LogP contribution in [0.2, 0.25) is 0 Å². The van der Waals surface area contributed by atoms with Crippen molar-refractivity contribution in [3.8, 4) is 10.6 Å². The van der Waals surface area contributed by atoms with Gasteiger partial charge in [-0.25, -0.2) is 4.98 Å². The number of nitrogens with one attached hydrogen (secondary N) is 1. The minimum absolute atomic E-state index is 0.0377. The van der Waals surface area contributed by atoms with Crippen LogP contribution in [0.3, 0.4) is 0 Å². The summed E-state index contributed by atoms with van der Waals surface area (Å²) in [6.45, 7) is 1.40. The molecule has 3 fully saturated rings. The van der Waals surface area contributed by atoms with Crippen molar-refractivity contribution in [3.05, 3.63) is 29.3 Å². The maximum Gasteiger partial charge on any atom is 0.418 e. The Kier molecular flexibility index (Phi) is 5.37. The van der Waals surface area contributed by atoms with Gasteiger partial charge in [-0.1, -0.05) is 0 Å². The molecule has 166 valence electrons. The average Bonchev–Trinajstić information content (AvgIpc) is 3.39. The van der Waals surface area contributed by atoms with Crippen molar-refractivity contribution >= 4 is 28.5 Å². The third-order valence-corrected chi connectivity index (χ3v) is 6.33. The number of aromatic nitrogens is 2. The number of piperidine rings is 1. The van der Waals surface area contributed by atoms with Crippen molar-refractivity contribution < 1.29 is 27.1 Å². The third-order valence-electron chi connectivity index (χ3n) is 5.53. The number of thiazole rings is 1. The van der Waals surface area contributed by atoms with Crippen LogP contribution in [0.5, 0.6) is 0 Å². The highest BCUT2D eigenvalue weighted by atomic mass is 32.1. The smallest absolute Gasteiger partial charge is 0.418 e. The quantitative estimate of drug-likeness (QED) is 0.545. The van der Waals surface area contributed by atoms with Gasteiger partial charge in [0.15, 0.2) is 11.7 Å². The third kappa shape index (κ3) is 4.02. The Labute approximate surface area is 180 Å². The number of halogens is 3. The first-order valence-corrected chi connectivity index (χ1v) is 10.8. The van der Waals surface area contributed by atoms with E-state index in [1.54, 1.807) is 11.6 Å². The molecule has 1 aromatic carbocycles. The predicted molar refractivity (Wildman–Crippen MR) is 109 cm³/mol. The molecule has 7 nitrogen and oxygen atoms in total. The predicted octanol–water partition coefficient (Wildman–Crippen LogP) is 3.77. The number of ether oxygens (including phenoxy) is 2. The van der Waals surface area contributed by atoms with Gasteiger partial charge in [0.05, 0.1) is 18.8 Å². The van der Waals surface area contributed by atoms with Crippen LogP contribution in [0, 0.1) is 0 Å². The standard InChI is InChI=1S/C20H21F3N4O3S/c1-28-3-4-29-17(20(21,22)23)11-6-14(18-24-2-5-31-18)16-15(7-11)26-19(30-16)27-9-12-8-13(10-27)25-12/h2,5-7,12-13,17,25H,3-4,8-10H2,1H3. The Balaban J connectivity index is 1.57. The number of rotatable bonds is 7. The largest absolute Gasteiger partial charge is 0.423 e. The summed E-state index contributed by atoms with van der Waals surface area (Å²) in [7, 11) is 1.41. The number of hydrogen-bond acceptors (Lipinski definition) is 8. The van der Waals surface area contributed by atoms with Gasteiger partial charge >= 0.3 is 6.18 Å². The van der Waals surface area contributed by atoms with Gasteiger partial charge in [0.25, 0.3) is 6.01 Å². The molecule has 0 saturated carbocycles. The minimum Gasteiger partial charge on any atom is -0.423 e. The molecule has 0 aliphatic carbocycles. The number of fused-ring (bicyclic) bond motifs is 3. The SMILES string of the molecule is COCCOC(c1cc(-c2nccs2)c2oc(N3CC4CC(C3)N4)nc2c1)C(F)(F)F. The van der Waals surface area contributed by atoms with Crippen LogP contribution < -0.4 is 10.2 Å². The molecule has 1 N–H and O–H groups in total. The molecule has 3 atom stereocenters. The number of anilines is 1. The lowest BCUT2D eigenvalue weighted by Crippen LogP contribution is -2.67. The molecule has 11 heteroatoms. The second-order valence-corrected chi connectivity index (χ2v) is 8.63. The van der Waals surface area contributed by atoms with Crippen LogP contribution in [-0.2, 0) is 9.47 Å². The zero-order valence-corrected chi connectivity index (χ0v) is 17.5. The van der Waals surface area contributed by atoms with E-state index in [2.05, 4.69) is 15.3 Å². The van der Waals surface area contributed by atoms with Gasteiger partial charge in [0.2, 0.25) is 0 Å². The summed E-state index contributed by atoms with van der Waals surface area (Å²) in [6.07, 6.45) is -3.96. The van der Waals surface area contributed by atoms with E-state index in [1.807, 2.05) is 4.90 Å². The highest BCUT2D eigenvalue weighted by Crippen LogP contribution is 2.41. The number of methoxy groups -OCH3 is 1. The Morgan fingerprint density at radius 3 is 2.71 bits per heavy atom. The van der Waals surface area contributed by atoms with Crippen molar-refractivity contribution in [2.45, 2.75) is 30.8 Å². The fourth-order valence-corrected chi connectivity index (χ4v) is 4.79. The van der Waals surface area contributed by atoms with Gasteiger partial charge < -0.3 is 24.1 Å². The lowest BCUT2D eigenvalue weighted by atomic mass is 9.92. The van der Waals surface area contributed by atoms with Gasteiger partial charge in [-0.15, -0.1) is 11.3 Å². The maximum atomic E-state index is 13.8. The summed E-state index contributed by atoms with van der Waals surface area (Å²) < 4.78 is 57.5. The fourth-order valence-electron chi connectivity index (χ4n) is 4.14. The normalized spacial score (nSPS) is 22.0. The van der Waals surface area contributed by atoms with E-state index in [4.69, 9.17) is 13.9 Å². The van der Waals surface area contributed by atoms with Crippen molar-refractivity contribution in [3.63, 3.8) is 0 Å². The number of piperazine rings is 1. The highest BCUT2D eigenvalue weighted by Gasteiger charge is 2.43. The van der Waals surface area contributed by atoms with Crippen LogP contribution in [0.15, 0.2) is 28.1 Å². The summed E-state index contributed by atoms with van der Waals surface area (Å²) in [5.74, 6) is 0. The van der Waals surface area contributed by atoms with Crippen LogP contribution in [0.4, 0.5) is 19.2 Å². The van der Waals surface area contributed by atoms with E-state index in [9.17, 15) is 13.2 Å². The Hall–Kier alpha value is -2.21. The molecule has 6 rings (SSSR count). The van der Waals surface area contributed by atoms with Crippen molar-refractivity contribution in [1.82, 2.24) is 15.3 Å². The molecule has 0 spiro atoms. The van der Waals surface area contributed by atoms with Gasteiger partial charge in [-0.3, -0.25) is 0 Å². The van der Waals surface area contributed by atoms with Crippen molar-refractivity contribution in [2.24, 2.45) is 0 Å². The van der Waals surface area contributed by atoms with Gasteiger partial charge in [0.1, 0.15) is 10.5 Å². The van der Waals surface area contributed by atoms with Crippen LogP contribution in [0.1, 0.15) is 18.1 Å². The molecule has 3 aliphatic rings. The van der Waals surface area contributed by atoms with Crippen LogP contribution in [-0.4, -0.2) is 61.6 Å². The number of hydrogen-bond donors (Lipinski definition) is 1. The lowest BCUT2D eigenvalue weighted by Gasteiger charge is -2.47. The summed E-state index contributed by atoms with van der Waals surface area (Å²) in [4.78, 5) is 10.9. The number of nitrogens with zero attached hydrogens (tertiary/aromatic N) is 3. The van der Waals surface area contributed by atoms with E-state index in [0.717, 1.165) is 19.5 Å². The molecule has 3 unspecified atom stereocenters. The van der Waals surface area contributed by atoms with Crippen molar-refractivity contribution in [2.75, 3.05) is 38.3 Å². The lowest BCUT2D eigenvalue weighted by molar-refractivity contribution is -0.226. The molecular formula is C20H21F3N4O3S. The highest BCUT2D eigenvalue weighted by molar-refractivity contribution is 7.13. The second-order valence-electron chi connectivity index (χ2n) is 7.74. The number of alkyl halides is 3. The second kappa shape index (κ2) is 8.05. The first-order chi connectivity index (χ1) is 14.9. The van der Waals surface area contributed by atoms with Crippen LogP contribution in [0.25, 0.3) is 21.7 Å². The van der Waals surface area contributed by atoms with E-state index >= 15 is 0 Å². The molecule has 2 aromatic heterocycles. The molecule has 31 heavy (non-hydrogen) atoms. The van der Waals surface area contributed by atoms with Crippen molar-refractivity contribution in [1.29, 1.82) is 0 Å². The molecule has 3 aliphatic heterocycles. The Bertz CT molecular complexity index is 1040. The molecule has 0 radical (unpaired) electrons. The number of benzene rings is 1. The first kappa shape index (κ1) is 20.7. The van der Waals surface area contributed by atoms with Gasteiger partial charge in [-0.2, -0.15) is 18.2 Å². The van der Waals surface area contributed by atoms with E-state index in [-0.39, 0.29) is 18.8 Å². The molecule has 0 amide bonds. The van der Waals surface area contributed by atoms with E-state index in [0.29, 0.717) is 39.8 Å². The number of oxazole rings is 1. The molecule has 3 saturated heterocycles. The average molecular weight is 454 g/mol. The fraction of sp³-hybridized carbons (Fsp3) is 0.500. The summed E-state index contributed by atoms with van der Waals surface area (Å²) >= 11 is 1.33. The Morgan fingerprint density at radius 1 is 1.29 bits per heavy atom. The van der Waals surface area contributed by atoms with Gasteiger partial charge in [-0.05, 0) is 24.1 Å². The monoisotopic (exact) mass is 454 g/mol.